The highest BCUT2D eigenvalue weighted by atomic mass is 16.2. The lowest BCUT2D eigenvalue weighted by Gasteiger charge is -2.33. The maximum atomic E-state index is 12.6. The van der Waals surface area contributed by atoms with Crippen LogP contribution < -0.4 is 10.6 Å². The topological polar surface area (TPSA) is 61.4 Å². The number of amides is 3. The van der Waals surface area contributed by atoms with Crippen LogP contribution in [0.2, 0.25) is 0 Å². The molecule has 5 heteroatoms. The van der Waals surface area contributed by atoms with Gasteiger partial charge in [0.2, 0.25) is 0 Å². The average Bonchev–Trinajstić information content (AvgIpc) is 2.73. The lowest BCUT2D eigenvalue weighted by molar-refractivity contribution is 0.0950. The summed E-state index contributed by atoms with van der Waals surface area (Å²) in [6, 6.07) is 16.1. The molecule has 1 fully saturated rings. The number of hydrogen-bond acceptors (Lipinski definition) is 2. The van der Waals surface area contributed by atoms with Crippen molar-refractivity contribution in [2.24, 2.45) is 0 Å². The first-order chi connectivity index (χ1) is 13.9. The van der Waals surface area contributed by atoms with Crippen molar-refractivity contribution in [3.63, 3.8) is 0 Å². The van der Waals surface area contributed by atoms with Crippen molar-refractivity contribution in [2.75, 3.05) is 13.1 Å². The van der Waals surface area contributed by atoms with E-state index in [9.17, 15) is 9.59 Å². The average molecular weight is 394 g/mol. The quantitative estimate of drug-likeness (QED) is 0.799. The van der Waals surface area contributed by atoms with Crippen molar-refractivity contribution in [3.05, 3.63) is 70.8 Å². The van der Waals surface area contributed by atoms with Gasteiger partial charge in [-0.25, -0.2) is 4.79 Å². The fraction of sp³-hybridized carbons (Fsp3) is 0.417. The van der Waals surface area contributed by atoms with Gasteiger partial charge in [-0.2, -0.15) is 0 Å². The number of likely N-dealkylation sites (tertiary alicyclic amines) is 1. The van der Waals surface area contributed by atoms with Crippen LogP contribution in [-0.2, 0) is 6.54 Å². The van der Waals surface area contributed by atoms with E-state index in [4.69, 9.17) is 0 Å². The van der Waals surface area contributed by atoms with Gasteiger partial charge in [-0.3, -0.25) is 4.79 Å². The van der Waals surface area contributed by atoms with Gasteiger partial charge < -0.3 is 15.5 Å². The smallest absolute Gasteiger partial charge is 0.317 e. The number of rotatable bonds is 5. The molecule has 0 aliphatic carbocycles. The van der Waals surface area contributed by atoms with E-state index in [-0.39, 0.29) is 23.9 Å². The van der Waals surface area contributed by atoms with Gasteiger partial charge in [0.15, 0.2) is 0 Å². The molecule has 1 heterocycles. The third-order valence-electron chi connectivity index (χ3n) is 5.31. The van der Waals surface area contributed by atoms with Crippen LogP contribution in [0.25, 0.3) is 0 Å². The number of carbonyl (C=O) groups excluding carboxylic acids is 2. The van der Waals surface area contributed by atoms with Crippen molar-refractivity contribution >= 4 is 11.9 Å². The maximum absolute atomic E-state index is 12.6. The van der Waals surface area contributed by atoms with E-state index in [1.807, 2.05) is 68.1 Å². The van der Waals surface area contributed by atoms with Crippen molar-refractivity contribution in [3.8, 4) is 0 Å². The highest BCUT2D eigenvalue weighted by Crippen LogP contribution is 2.27. The number of benzene rings is 2. The number of hydrogen-bond donors (Lipinski definition) is 2. The van der Waals surface area contributed by atoms with Gasteiger partial charge in [0.1, 0.15) is 0 Å². The lowest BCUT2D eigenvalue weighted by Crippen LogP contribution is -2.47. The van der Waals surface area contributed by atoms with Crippen LogP contribution in [0.5, 0.6) is 0 Å². The summed E-state index contributed by atoms with van der Waals surface area (Å²) in [5, 5.41) is 5.97. The Labute approximate surface area is 173 Å². The van der Waals surface area contributed by atoms with Gasteiger partial charge in [0.25, 0.3) is 5.91 Å². The SMILES string of the molecule is Cc1ccc(CNC(=O)c2cccc(C3CCCN(C(=O)NC(C)C)C3)c2)cc1. The molecule has 0 spiro atoms. The number of carbonyl (C=O) groups is 2. The zero-order chi connectivity index (χ0) is 20.8. The molecule has 5 nitrogen and oxygen atoms in total. The van der Waals surface area contributed by atoms with Crippen LogP contribution in [0.3, 0.4) is 0 Å². The monoisotopic (exact) mass is 393 g/mol. The third kappa shape index (κ3) is 5.83. The molecule has 1 saturated heterocycles. The summed E-state index contributed by atoms with van der Waals surface area (Å²) < 4.78 is 0. The van der Waals surface area contributed by atoms with E-state index in [1.54, 1.807) is 0 Å². The van der Waals surface area contributed by atoms with Gasteiger partial charge in [0.05, 0.1) is 0 Å². The second-order valence-corrected chi connectivity index (χ2v) is 8.18. The summed E-state index contributed by atoms with van der Waals surface area (Å²) in [7, 11) is 0. The van der Waals surface area contributed by atoms with E-state index in [0.717, 1.165) is 30.5 Å². The molecule has 0 saturated carbocycles. The van der Waals surface area contributed by atoms with E-state index < -0.39 is 0 Å². The highest BCUT2D eigenvalue weighted by molar-refractivity contribution is 5.94. The molecule has 1 aliphatic rings. The van der Waals surface area contributed by atoms with E-state index in [1.165, 1.54) is 5.56 Å². The molecule has 154 valence electrons. The summed E-state index contributed by atoms with van der Waals surface area (Å²) >= 11 is 0. The predicted octanol–water partition coefficient (Wildman–Crippen LogP) is 4.22. The van der Waals surface area contributed by atoms with Crippen molar-refractivity contribution in [1.82, 2.24) is 15.5 Å². The Hall–Kier alpha value is -2.82. The second-order valence-electron chi connectivity index (χ2n) is 8.18. The molecule has 1 aliphatic heterocycles. The maximum Gasteiger partial charge on any atom is 0.317 e. The third-order valence-corrected chi connectivity index (χ3v) is 5.31. The number of piperidine rings is 1. The Morgan fingerprint density at radius 1 is 1.14 bits per heavy atom. The zero-order valence-corrected chi connectivity index (χ0v) is 17.6. The van der Waals surface area contributed by atoms with E-state index in [0.29, 0.717) is 18.7 Å². The van der Waals surface area contributed by atoms with Gasteiger partial charge in [-0.05, 0) is 56.9 Å². The summed E-state index contributed by atoms with van der Waals surface area (Å²) in [5.41, 5.74) is 4.07. The molecule has 3 rings (SSSR count). The van der Waals surface area contributed by atoms with Gasteiger partial charge in [0, 0.05) is 37.2 Å². The van der Waals surface area contributed by atoms with Crippen LogP contribution in [-0.4, -0.2) is 36.0 Å². The van der Waals surface area contributed by atoms with Gasteiger partial charge in [-0.15, -0.1) is 0 Å². The van der Waals surface area contributed by atoms with Crippen molar-refractivity contribution in [2.45, 2.75) is 52.1 Å². The zero-order valence-electron chi connectivity index (χ0n) is 17.6. The minimum atomic E-state index is -0.0716. The molecule has 2 aromatic carbocycles. The van der Waals surface area contributed by atoms with E-state index in [2.05, 4.69) is 16.7 Å². The molecular formula is C24H31N3O2. The number of nitrogens with zero attached hydrogens (tertiary/aromatic N) is 1. The Kier molecular flexibility index (Phi) is 6.91. The van der Waals surface area contributed by atoms with Crippen LogP contribution in [0.15, 0.2) is 48.5 Å². The molecule has 1 unspecified atom stereocenters. The molecule has 3 amide bonds. The summed E-state index contributed by atoms with van der Waals surface area (Å²) in [6.45, 7) is 7.97. The number of aryl methyl sites for hydroxylation is 1. The molecule has 1 atom stereocenters. The first kappa shape index (κ1) is 20.9. The van der Waals surface area contributed by atoms with E-state index >= 15 is 0 Å². The fourth-order valence-corrected chi connectivity index (χ4v) is 3.70. The standard InChI is InChI=1S/C24H31N3O2/c1-17(2)26-24(29)27-13-5-8-22(16-27)20-6-4-7-21(14-20)23(28)25-15-19-11-9-18(3)10-12-19/h4,6-7,9-12,14,17,22H,5,8,13,15-16H2,1-3H3,(H,25,28)(H,26,29). The van der Waals surface area contributed by atoms with Gasteiger partial charge in [-0.1, -0.05) is 42.0 Å². The summed E-state index contributed by atoms with van der Waals surface area (Å²) in [5.74, 6) is 0.184. The van der Waals surface area contributed by atoms with Crippen LogP contribution in [0.4, 0.5) is 4.79 Å². The molecule has 2 N–H and O–H groups in total. The van der Waals surface area contributed by atoms with Crippen LogP contribution in [0, 0.1) is 6.92 Å². The van der Waals surface area contributed by atoms with Crippen LogP contribution in [0.1, 0.15) is 59.7 Å². The summed E-state index contributed by atoms with van der Waals surface area (Å²) in [4.78, 5) is 26.9. The molecule has 0 bridgehead atoms. The Morgan fingerprint density at radius 2 is 1.90 bits per heavy atom. The van der Waals surface area contributed by atoms with Crippen molar-refractivity contribution in [1.29, 1.82) is 0 Å². The Bertz CT molecular complexity index is 845. The molecule has 0 aromatic heterocycles. The largest absolute Gasteiger partial charge is 0.348 e. The molecular weight excluding hydrogens is 362 g/mol. The molecule has 2 aromatic rings. The number of urea groups is 1. The predicted molar refractivity (Wildman–Crippen MR) is 116 cm³/mol. The lowest BCUT2D eigenvalue weighted by atomic mass is 9.89. The first-order valence-corrected chi connectivity index (χ1v) is 10.4. The molecule has 29 heavy (non-hydrogen) atoms. The fourth-order valence-electron chi connectivity index (χ4n) is 3.70. The van der Waals surface area contributed by atoms with Crippen LogP contribution >= 0.6 is 0 Å². The first-order valence-electron chi connectivity index (χ1n) is 10.4. The Balaban J connectivity index is 1.63. The minimum Gasteiger partial charge on any atom is -0.348 e. The van der Waals surface area contributed by atoms with Gasteiger partial charge >= 0.3 is 6.03 Å². The second kappa shape index (κ2) is 9.59. The minimum absolute atomic E-state index is 0.00306. The summed E-state index contributed by atoms with van der Waals surface area (Å²) in [6.07, 6.45) is 2.00. The Morgan fingerprint density at radius 3 is 2.62 bits per heavy atom. The normalized spacial score (nSPS) is 16.6. The molecule has 0 radical (unpaired) electrons. The number of nitrogens with one attached hydrogen (secondary N) is 2. The highest BCUT2D eigenvalue weighted by Gasteiger charge is 2.25. The van der Waals surface area contributed by atoms with Crippen molar-refractivity contribution < 1.29 is 9.59 Å².